The fraction of sp³-hybridized carbons (Fsp3) is 0.188. The average molecular weight is 237 g/mol. The number of rotatable bonds is 1. The van der Waals surface area contributed by atoms with Crippen molar-refractivity contribution >= 4 is 11.1 Å². The normalized spacial score (nSPS) is 11.1. The van der Waals surface area contributed by atoms with Gasteiger partial charge in [0.1, 0.15) is 5.52 Å². The summed E-state index contributed by atoms with van der Waals surface area (Å²) in [6.45, 7) is 6.27. The van der Waals surface area contributed by atoms with Crippen molar-refractivity contribution in [1.29, 1.82) is 0 Å². The monoisotopic (exact) mass is 237 g/mol. The molecule has 1 aromatic heterocycles. The van der Waals surface area contributed by atoms with Gasteiger partial charge in [-0.2, -0.15) is 0 Å². The van der Waals surface area contributed by atoms with Crippen LogP contribution >= 0.6 is 0 Å². The lowest BCUT2D eigenvalue weighted by Crippen LogP contribution is -1.86. The Hall–Kier alpha value is -2.09. The molecule has 0 unspecified atom stereocenters. The van der Waals surface area contributed by atoms with Crippen LogP contribution in [0.5, 0.6) is 0 Å². The number of aryl methyl sites for hydroxylation is 2. The summed E-state index contributed by atoms with van der Waals surface area (Å²) in [7, 11) is 0. The van der Waals surface area contributed by atoms with Gasteiger partial charge in [-0.25, -0.2) is 4.98 Å². The summed E-state index contributed by atoms with van der Waals surface area (Å²) in [4.78, 5) is 4.58. The van der Waals surface area contributed by atoms with Gasteiger partial charge in [0.2, 0.25) is 5.89 Å². The first-order valence-corrected chi connectivity index (χ1v) is 6.09. The van der Waals surface area contributed by atoms with Crippen LogP contribution in [0.3, 0.4) is 0 Å². The molecule has 90 valence electrons. The maximum Gasteiger partial charge on any atom is 0.227 e. The van der Waals surface area contributed by atoms with Gasteiger partial charge in [0.05, 0.1) is 0 Å². The Bertz CT molecular complexity index is 725. The van der Waals surface area contributed by atoms with Crippen LogP contribution in [0.2, 0.25) is 0 Å². The minimum Gasteiger partial charge on any atom is -0.436 e. The molecule has 0 aliphatic carbocycles. The van der Waals surface area contributed by atoms with E-state index in [2.05, 4.69) is 37.9 Å². The zero-order valence-corrected chi connectivity index (χ0v) is 10.8. The third-order valence-corrected chi connectivity index (χ3v) is 3.38. The zero-order valence-electron chi connectivity index (χ0n) is 10.8. The standard InChI is InChI=1S/C16H15NO/c1-10-7-8-15-14(9-10)17-16(18-15)13-6-4-5-11(2)12(13)3/h4-9H,1-3H3. The molecule has 0 saturated heterocycles. The minimum atomic E-state index is 0.705. The Kier molecular flexibility index (Phi) is 2.44. The van der Waals surface area contributed by atoms with Crippen LogP contribution < -0.4 is 0 Å². The van der Waals surface area contributed by atoms with E-state index in [9.17, 15) is 0 Å². The lowest BCUT2D eigenvalue weighted by atomic mass is 10.0. The van der Waals surface area contributed by atoms with Gasteiger partial charge in [-0.3, -0.25) is 0 Å². The number of hydrogen-bond donors (Lipinski definition) is 0. The van der Waals surface area contributed by atoms with Crippen molar-refractivity contribution in [2.24, 2.45) is 0 Å². The van der Waals surface area contributed by atoms with Crippen LogP contribution in [0, 0.1) is 20.8 Å². The van der Waals surface area contributed by atoms with E-state index in [1.54, 1.807) is 0 Å². The van der Waals surface area contributed by atoms with E-state index in [1.807, 2.05) is 24.3 Å². The Morgan fingerprint density at radius 2 is 1.83 bits per heavy atom. The first-order chi connectivity index (χ1) is 8.65. The van der Waals surface area contributed by atoms with Crippen LogP contribution in [0.15, 0.2) is 40.8 Å². The van der Waals surface area contributed by atoms with Gasteiger partial charge in [0, 0.05) is 5.56 Å². The van der Waals surface area contributed by atoms with E-state index >= 15 is 0 Å². The summed E-state index contributed by atoms with van der Waals surface area (Å²) in [6.07, 6.45) is 0. The largest absolute Gasteiger partial charge is 0.436 e. The predicted octanol–water partition coefficient (Wildman–Crippen LogP) is 4.42. The van der Waals surface area contributed by atoms with E-state index < -0.39 is 0 Å². The fourth-order valence-electron chi connectivity index (χ4n) is 2.14. The van der Waals surface area contributed by atoms with Crippen molar-refractivity contribution in [3.05, 3.63) is 53.1 Å². The van der Waals surface area contributed by atoms with E-state index in [4.69, 9.17) is 4.42 Å². The molecule has 0 bridgehead atoms. The Morgan fingerprint density at radius 1 is 1.00 bits per heavy atom. The number of fused-ring (bicyclic) bond motifs is 1. The van der Waals surface area contributed by atoms with Crippen molar-refractivity contribution in [2.45, 2.75) is 20.8 Å². The number of oxazole rings is 1. The Labute approximate surface area is 106 Å². The van der Waals surface area contributed by atoms with Gasteiger partial charge in [-0.15, -0.1) is 0 Å². The third kappa shape index (κ3) is 1.70. The first-order valence-electron chi connectivity index (χ1n) is 6.09. The van der Waals surface area contributed by atoms with Crippen molar-refractivity contribution in [3.8, 4) is 11.5 Å². The molecule has 0 atom stereocenters. The lowest BCUT2D eigenvalue weighted by molar-refractivity contribution is 0.619. The summed E-state index contributed by atoms with van der Waals surface area (Å²) in [5.41, 5.74) is 6.52. The Morgan fingerprint density at radius 3 is 2.67 bits per heavy atom. The maximum atomic E-state index is 5.83. The number of nitrogens with zero attached hydrogens (tertiary/aromatic N) is 1. The van der Waals surface area contributed by atoms with E-state index in [0.717, 1.165) is 16.7 Å². The van der Waals surface area contributed by atoms with Gasteiger partial charge in [0.15, 0.2) is 5.58 Å². The molecule has 2 nitrogen and oxygen atoms in total. The summed E-state index contributed by atoms with van der Waals surface area (Å²) in [5, 5.41) is 0. The van der Waals surface area contributed by atoms with Crippen molar-refractivity contribution in [3.63, 3.8) is 0 Å². The van der Waals surface area contributed by atoms with Crippen LogP contribution in [-0.2, 0) is 0 Å². The zero-order chi connectivity index (χ0) is 12.7. The summed E-state index contributed by atoms with van der Waals surface area (Å²) in [6, 6.07) is 12.3. The second kappa shape index (κ2) is 3.98. The molecule has 0 saturated carbocycles. The molecule has 0 radical (unpaired) electrons. The van der Waals surface area contributed by atoms with Crippen LogP contribution in [0.25, 0.3) is 22.6 Å². The number of hydrogen-bond acceptors (Lipinski definition) is 2. The molecule has 2 aromatic carbocycles. The maximum absolute atomic E-state index is 5.83. The van der Waals surface area contributed by atoms with E-state index in [-0.39, 0.29) is 0 Å². The summed E-state index contributed by atoms with van der Waals surface area (Å²) in [5.74, 6) is 0.705. The number of aromatic nitrogens is 1. The molecule has 1 heterocycles. The van der Waals surface area contributed by atoms with Crippen molar-refractivity contribution in [1.82, 2.24) is 4.98 Å². The second-order valence-corrected chi connectivity index (χ2v) is 4.74. The van der Waals surface area contributed by atoms with Gasteiger partial charge < -0.3 is 4.42 Å². The lowest BCUT2D eigenvalue weighted by Gasteiger charge is -2.03. The average Bonchev–Trinajstić information content (AvgIpc) is 2.75. The highest BCUT2D eigenvalue weighted by Gasteiger charge is 2.11. The highest BCUT2D eigenvalue weighted by atomic mass is 16.3. The van der Waals surface area contributed by atoms with Crippen molar-refractivity contribution < 1.29 is 4.42 Å². The van der Waals surface area contributed by atoms with E-state index in [1.165, 1.54) is 16.7 Å². The second-order valence-electron chi connectivity index (χ2n) is 4.74. The van der Waals surface area contributed by atoms with Gasteiger partial charge in [-0.1, -0.05) is 18.2 Å². The first kappa shape index (κ1) is 11.0. The van der Waals surface area contributed by atoms with E-state index in [0.29, 0.717) is 5.89 Å². The van der Waals surface area contributed by atoms with Crippen LogP contribution in [0.1, 0.15) is 16.7 Å². The Balaban J connectivity index is 2.22. The molecule has 0 aliphatic rings. The van der Waals surface area contributed by atoms with Gasteiger partial charge >= 0.3 is 0 Å². The van der Waals surface area contributed by atoms with Gasteiger partial charge in [-0.05, 0) is 55.7 Å². The minimum absolute atomic E-state index is 0.705. The molecule has 2 heteroatoms. The molecule has 3 aromatic rings. The summed E-state index contributed by atoms with van der Waals surface area (Å²) < 4.78 is 5.83. The molecule has 0 amide bonds. The molecular formula is C16H15NO. The third-order valence-electron chi connectivity index (χ3n) is 3.38. The number of benzene rings is 2. The molecular weight excluding hydrogens is 222 g/mol. The predicted molar refractivity (Wildman–Crippen MR) is 73.7 cm³/mol. The molecule has 18 heavy (non-hydrogen) atoms. The van der Waals surface area contributed by atoms with Crippen molar-refractivity contribution in [2.75, 3.05) is 0 Å². The molecule has 0 N–H and O–H groups in total. The van der Waals surface area contributed by atoms with Crippen LogP contribution in [0.4, 0.5) is 0 Å². The quantitative estimate of drug-likeness (QED) is 0.626. The SMILES string of the molecule is Cc1ccc2oc(-c3cccc(C)c3C)nc2c1. The topological polar surface area (TPSA) is 26.0 Å². The highest BCUT2D eigenvalue weighted by molar-refractivity contribution is 5.77. The van der Waals surface area contributed by atoms with Gasteiger partial charge in [0.25, 0.3) is 0 Å². The molecule has 0 aliphatic heterocycles. The smallest absolute Gasteiger partial charge is 0.227 e. The molecule has 3 rings (SSSR count). The molecule has 0 spiro atoms. The van der Waals surface area contributed by atoms with Crippen LogP contribution in [-0.4, -0.2) is 4.98 Å². The summed E-state index contributed by atoms with van der Waals surface area (Å²) >= 11 is 0. The highest BCUT2D eigenvalue weighted by Crippen LogP contribution is 2.28. The molecule has 0 fully saturated rings. The fourth-order valence-corrected chi connectivity index (χ4v) is 2.14.